The molecule has 0 saturated carbocycles. The van der Waals surface area contributed by atoms with Crippen LogP contribution in [0.4, 0.5) is 5.69 Å². The second-order valence-electron chi connectivity index (χ2n) is 5.59. The Morgan fingerprint density at radius 2 is 2.05 bits per heavy atom. The van der Waals surface area contributed by atoms with Gasteiger partial charge in [-0.1, -0.05) is 0 Å². The molecule has 1 fully saturated rings. The van der Waals surface area contributed by atoms with Crippen molar-refractivity contribution in [3.8, 4) is 11.4 Å². The Morgan fingerprint density at radius 1 is 1.30 bits per heavy atom. The van der Waals surface area contributed by atoms with Crippen molar-refractivity contribution in [1.82, 2.24) is 20.2 Å². The van der Waals surface area contributed by atoms with E-state index in [-0.39, 0.29) is 5.54 Å². The molecule has 1 aliphatic rings. The topological polar surface area (TPSA) is 78.8 Å². The summed E-state index contributed by atoms with van der Waals surface area (Å²) < 4.78 is 7.38. The van der Waals surface area contributed by atoms with Gasteiger partial charge in [0.05, 0.1) is 5.54 Å². The van der Waals surface area contributed by atoms with Crippen LogP contribution in [0.1, 0.15) is 25.3 Å². The van der Waals surface area contributed by atoms with Crippen LogP contribution < -0.4 is 5.73 Å². The zero-order chi connectivity index (χ0) is 14.2. The van der Waals surface area contributed by atoms with Crippen molar-refractivity contribution in [2.75, 3.05) is 18.9 Å². The fourth-order valence-corrected chi connectivity index (χ4v) is 2.57. The first kappa shape index (κ1) is 13.1. The molecule has 2 aromatic rings. The summed E-state index contributed by atoms with van der Waals surface area (Å²) >= 11 is 0. The molecule has 2 heterocycles. The molecule has 2 N–H and O–H groups in total. The van der Waals surface area contributed by atoms with E-state index in [2.05, 4.69) is 22.4 Å². The van der Waals surface area contributed by atoms with E-state index in [1.807, 2.05) is 29.8 Å². The van der Waals surface area contributed by atoms with Crippen molar-refractivity contribution in [3.05, 3.63) is 23.8 Å². The van der Waals surface area contributed by atoms with Gasteiger partial charge in [0, 0.05) is 24.5 Å². The van der Waals surface area contributed by atoms with E-state index in [1.54, 1.807) is 0 Å². The van der Waals surface area contributed by atoms with Crippen LogP contribution in [0.15, 0.2) is 18.2 Å². The van der Waals surface area contributed by atoms with Gasteiger partial charge in [-0.15, -0.1) is 5.10 Å². The molecule has 1 saturated heterocycles. The highest BCUT2D eigenvalue weighted by atomic mass is 16.5. The van der Waals surface area contributed by atoms with Crippen molar-refractivity contribution in [3.63, 3.8) is 0 Å². The Balaban J connectivity index is 2.03. The van der Waals surface area contributed by atoms with Gasteiger partial charge in [-0.3, -0.25) is 0 Å². The Kier molecular flexibility index (Phi) is 3.17. The predicted molar refractivity (Wildman–Crippen MR) is 76.1 cm³/mol. The summed E-state index contributed by atoms with van der Waals surface area (Å²) in [6.07, 6.45) is 1.83. The van der Waals surface area contributed by atoms with E-state index in [9.17, 15) is 0 Å². The average molecular weight is 273 g/mol. The van der Waals surface area contributed by atoms with Crippen molar-refractivity contribution in [1.29, 1.82) is 0 Å². The summed E-state index contributed by atoms with van der Waals surface area (Å²) in [7, 11) is 0. The van der Waals surface area contributed by atoms with Crippen molar-refractivity contribution in [2.45, 2.75) is 32.2 Å². The molecule has 0 atom stereocenters. The van der Waals surface area contributed by atoms with Gasteiger partial charge in [-0.25, -0.2) is 4.68 Å². The fourth-order valence-electron chi connectivity index (χ4n) is 2.57. The summed E-state index contributed by atoms with van der Waals surface area (Å²) in [4.78, 5) is 0. The minimum absolute atomic E-state index is 0.0909. The van der Waals surface area contributed by atoms with E-state index in [0.717, 1.165) is 48.7 Å². The molecule has 0 bridgehead atoms. The maximum absolute atomic E-state index is 5.87. The van der Waals surface area contributed by atoms with Gasteiger partial charge in [0.15, 0.2) is 5.82 Å². The molecule has 0 amide bonds. The number of hydrogen-bond donors (Lipinski definition) is 1. The Morgan fingerprint density at radius 3 is 2.75 bits per heavy atom. The zero-order valence-corrected chi connectivity index (χ0v) is 11.8. The third-order valence-electron chi connectivity index (χ3n) is 4.08. The highest BCUT2D eigenvalue weighted by Gasteiger charge is 2.33. The second-order valence-corrected chi connectivity index (χ2v) is 5.59. The van der Waals surface area contributed by atoms with Crippen molar-refractivity contribution >= 4 is 5.69 Å². The molecule has 3 rings (SSSR count). The first-order valence-corrected chi connectivity index (χ1v) is 6.83. The maximum Gasteiger partial charge on any atom is 0.182 e. The number of nitrogens with zero attached hydrogens (tertiary/aromatic N) is 4. The number of nitrogen functional groups attached to an aromatic ring is 1. The maximum atomic E-state index is 5.87. The number of benzene rings is 1. The zero-order valence-electron chi connectivity index (χ0n) is 11.8. The van der Waals surface area contributed by atoms with Gasteiger partial charge >= 0.3 is 0 Å². The first-order chi connectivity index (χ1) is 9.60. The van der Waals surface area contributed by atoms with Gasteiger partial charge in [0.1, 0.15) is 0 Å². The molecule has 106 valence electrons. The van der Waals surface area contributed by atoms with E-state index in [1.165, 1.54) is 0 Å². The van der Waals surface area contributed by atoms with Crippen LogP contribution in [-0.2, 0) is 10.3 Å². The number of hydrogen-bond acceptors (Lipinski definition) is 5. The van der Waals surface area contributed by atoms with Gasteiger partial charge in [-0.2, -0.15) is 0 Å². The van der Waals surface area contributed by atoms with Crippen LogP contribution in [0.3, 0.4) is 0 Å². The summed E-state index contributed by atoms with van der Waals surface area (Å²) in [6, 6.07) is 5.89. The smallest absolute Gasteiger partial charge is 0.182 e. The monoisotopic (exact) mass is 273 g/mol. The van der Waals surface area contributed by atoms with Crippen LogP contribution in [-0.4, -0.2) is 33.4 Å². The largest absolute Gasteiger partial charge is 0.399 e. The van der Waals surface area contributed by atoms with Gasteiger partial charge in [-0.05, 0) is 60.9 Å². The standard InChI is InChI=1S/C14H19N5O/c1-10-9-11(3-4-12(10)15)13-16-17-18-19(13)14(2)5-7-20-8-6-14/h3-4,9H,5-8,15H2,1-2H3. The Labute approximate surface area is 117 Å². The fraction of sp³-hybridized carbons (Fsp3) is 0.500. The SMILES string of the molecule is Cc1cc(-c2nnnn2C2(C)CCOCC2)ccc1N. The van der Waals surface area contributed by atoms with Gasteiger partial charge in [0.25, 0.3) is 0 Å². The number of aromatic nitrogens is 4. The third kappa shape index (κ3) is 2.16. The number of tetrazole rings is 1. The molecule has 1 aromatic heterocycles. The lowest BCUT2D eigenvalue weighted by Gasteiger charge is -2.33. The van der Waals surface area contributed by atoms with Gasteiger partial charge < -0.3 is 10.5 Å². The predicted octanol–water partition coefficient (Wildman–Crippen LogP) is 1.76. The minimum atomic E-state index is -0.0909. The van der Waals surface area contributed by atoms with Crippen LogP contribution in [0, 0.1) is 6.92 Å². The summed E-state index contributed by atoms with van der Waals surface area (Å²) in [5.41, 5.74) is 8.60. The molecule has 1 aromatic carbocycles. The van der Waals surface area contributed by atoms with E-state index in [4.69, 9.17) is 10.5 Å². The van der Waals surface area contributed by atoms with E-state index >= 15 is 0 Å². The van der Waals surface area contributed by atoms with E-state index in [0.29, 0.717) is 0 Å². The number of anilines is 1. The van der Waals surface area contributed by atoms with Crippen LogP contribution in [0.25, 0.3) is 11.4 Å². The highest BCUT2D eigenvalue weighted by molar-refractivity contribution is 5.62. The molecular formula is C14H19N5O. The normalized spacial score (nSPS) is 18.1. The summed E-state index contributed by atoms with van der Waals surface area (Å²) in [5, 5.41) is 12.3. The number of rotatable bonds is 2. The van der Waals surface area contributed by atoms with E-state index < -0.39 is 0 Å². The van der Waals surface area contributed by atoms with Crippen LogP contribution in [0.2, 0.25) is 0 Å². The lowest BCUT2D eigenvalue weighted by Crippen LogP contribution is -2.38. The Bertz CT molecular complexity index is 616. The van der Waals surface area contributed by atoms with Crippen molar-refractivity contribution in [2.24, 2.45) is 0 Å². The highest BCUT2D eigenvalue weighted by Crippen LogP contribution is 2.32. The molecule has 6 nitrogen and oxygen atoms in total. The molecule has 20 heavy (non-hydrogen) atoms. The first-order valence-electron chi connectivity index (χ1n) is 6.83. The third-order valence-corrected chi connectivity index (χ3v) is 4.08. The average Bonchev–Trinajstić information content (AvgIpc) is 2.93. The molecule has 0 unspecified atom stereocenters. The number of aryl methyl sites for hydroxylation is 1. The lowest BCUT2D eigenvalue weighted by atomic mass is 9.92. The van der Waals surface area contributed by atoms with Crippen LogP contribution in [0.5, 0.6) is 0 Å². The van der Waals surface area contributed by atoms with Gasteiger partial charge in [0.2, 0.25) is 0 Å². The summed E-state index contributed by atoms with van der Waals surface area (Å²) in [6.45, 7) is 5.66. The molecule has 0 radical (unpaired) electrons. The lowest BCUT2D eigenvalue weighted by molar-refractivity contribution is 0.0240. The molecule has 0 aliphatic carbocycles. The summed E-state index contributed by atoms with van der Waals surface area (Å²) in [5.74, 6) is 0.789. The molecule has 1 aliphatic heterocycles. The number of nitrogens with two attached hydrogens (primary N) is 1. The molecular weight excluding hydrogens is 254 g/mol. The quantitative estimate of drug-likeness (QED) is 0.843. The minimum Gasteiger partial charge on any atom is -0.399 e. The van der Waals surface area contributed by atoms with Crippen molar-refractivity contribution < 1.29 is 4.74 Å². The Hall–Kier alpha value is -1.95. The molecule has 6 heteroatoms. The second kappa shape index (κ2) is 4.86. The van der Waals surface area contributed by atoms with Crippen LogP contribution >= 0.6 is 0 Å². The number of ether oxygens (including phenoxy) is 1. The molecule has 0 spiro atoms.